The number of carbonyl (C=O) groups is 2. The molecule has 4 nitrogen and oxygen atoms in total. The number of hydrogen-bond donors (Lipinski definition) is 2. The Balaban J connectivity index is 4.66. The van der Waals surface area contributed by atoms with Crippen LogP contribution in [-0.2, 0) is 9.59 Å². The van der Waals surface area contributed by atoms with Crippen LogP contribution in [0.5, 0.6) is 0 Å². The van der Waals surface area contributed by atoms with E-state index in [0.717, 1.165) is 0 Å². The summed E-state index contributed by atoms with van der Waals surface area (Å²) in [6, 6.07) is 0. The number of carbonyl (C=O) groups excluding carboxylic acids is 2. The lowest BCUT2D eigenvalue weighted by atomic mass is 9.92. The number of ketones is 2. The van der Waals surface area contributed by atoms with Gasteiger partial charge in [0.1, 0.15) is 5.54 Å². The summed E-state index contributed by atoms with van der Waals surface area (Å²) in [4.78, 5) is 22.3. The molecule has 0 atom stereocenters. The first-order valence-corrected chi connectivity index (χ1v) is 5.44. The van der Waals surface area contributed by atoms with Crippen LogP contribution in [0, 0.1) is 0 Å². The summed E-state index contributed by atoms with van der Waals surface area (Å²) >= 11 is 5.87. The highest BCUT2D eigenvalue weighted by Gasteiger charge is 2.38. The number of Topliss-reactive ketones (excluding diaryl/α,β-unsaturated/α-hetero) is 2. The Morgan fingerprint density at radius 1 is 1.17 bits per heavy atom. The highest BCUT2D eigenvalue weighted by Crippen LogP contribution is 2.06. The van der Waals surface area contributed by atoms with E-state index in [0.29, 0.717) is 0 Å². The van der Waals surface area contributed by atoms with Gasteiger partial charge in [-0.2, -0.15) is 0 Å². The minimum Gasteiger partial charge on any atom is -0.328 e. The van der Waals surface area contributed by atoms with Gasteiger partial charge in [-0.15, -0.1) is 0 Å². The fourth-order valence-electron chi connectivity index (χ4n) is 0.622. The molecule has 0 amide bonds. The van der Waals surface area contributed by atoms with Gasteiger partial charge < -0.3 is 11.5 Å². The van der Waals surface area contributed by atoms with Crippen molar-refractivity contribution in [3.8, 4) is 0 Å². The van der Waals surface area contributed by atoms with Gasteiger partial charge in [-0.3, -0.25) is 9.59 Å². The van der Waals surface area contributed by atoms with E-state index in [2.05, 4.69) is 31.9 Å². The minimum atomic E-state index is -1.53. The second-order valence-corrected chi connectivity index (χ2v) is 3.41. The molecule has 0 fully saturated rings. The van der Waals surface area contributed by atoms with Gasteiger partial charge in [0.2, 0.25) is 0 Å². The molecule has 0 aliphatic carbocycles. The third-order valence-electron chi connectivity index (χ3n) is 1.56. The maximum Gasteiger partial charge on any atom is 0.172 e. The van der Waals surface area contributed by atoms with Crippen molar-refractivity contribution < 1.29 is 9.59 Å². The Hall–Kier alpha value is 0.220. The lowest BCUT2D eigenvalue weighted by molar-refractivity contribution is -0.131. The van der Waals surface area contributed by atoms with Crippen LogP contribution in [0.3, 0.4) is 0 Å². The molecule has 70 valence electrons. The van der Waals surface area contributed by atoms with E-state index in [4.69, 9.17) is 11.5 Å². The summed E-state index contributed by atoms with van der Waals surface area (Å²) < 4.78 is 0. The van der Waals surface area contributed by atoms with Crippen molar-refractivity contribution in [2.75, 3.05) is 17.2 Å². The average molecular weight is 302 g/mol. The van der Waals surface area contributed by atoms with Gasteiger partial charge in [-0.25, -0.2) is 0 Å². The Labute approximate surface area is 87.3 Å². The Morgan fingerprint density at radius 3 is 1.67 bits per heavy atom. The van der Waals surface area contributed by atoms with Gasteiger partial charge in [0.25, 0.3) is 0 Å². The number of hydrogen-bond acceptors (Lipinski definition) is 4. The first-order chi connectivity index (χ1) is 5.52. The van der Waals surface area contributed by atoms with Crippen LogP contribution in [0.25, 0.3) is 0 Å². The summed E-state index contributed by atoms with van der Waals surface area (Å²) in [6.45, 7) is -0.165. The Bertz CT molecular complexity index is 180. The lowest BCUT2D eigenvalue weighted by Crippen LogP contribution is -2.61. The van der Waals surface area contributed by atoms with Crippen LogP contribution in [0.2, 0.25) is 0 Å². The maximum atomic E-state index is 11.2. The molecule has 0 aliphatic rings. The molecule has 4 N–H and O–H groups in total. The SMILES string of the molecule is NCC(N)(C(=O)CBr)C(=O)CBr. The number of halogens is 2. The fraction of sp³-hybridized carbons (Fsp3) is 0.667. The first-order valence-electron chi connectivity index (χ1n) is 3.20. The van der Waals surface area contributed by atoms with Gasteiger partial charge in [0, 0.05) is 6.54 Å². The summed E-state index contributed by atoms with van der Waals surface area (Å²) in [5, 5.41) is 0.0822. The lowest BCUT2D eigenvalue weighted by Gasteiger charge is -2.22. The molecule has 0 aliphatic heterocycles. The van der Waals surface area contributed by atoms with E-state index >= 15 is 0 Å². The zero-order valence-electron chi connectivity index (χ0n) is 6.35. The van der Waals surface area contributed by atoms with Crippen LogP contribution in [0.1, 0.15) is 0 Å². The molecule has 0 aromatic heterocycles. The second-order valence-electron chi connectivity index (χ2n) is 2.29. The van der Waals surface area contributed by atoms with E-state index in [9.17, 15) is 9.59 Å². The van der Waals surface area contributed by atoms with Crippen molar-refractivity contribution in [3.05, 3.63) is 0 Å². The highest BCUT2D eigenvalue weighted by atomic mass is 79.9. The van der Waals surface area contributed by atoms with Crippen molar-refractivity contribution in [1.82, 2.24) is 0 Å². The van der Waals surface area contributed by atoms with Gasteiger partial charge in [0.05, 0.1) is 10.7 Å². The molecule has 0 saturated carbocycles. The number of alkyl halides is 2. The predicted molar refractivity (Wildman–Crippen MR) is 53.6 cm³/mol. The second kappa shape index (κ2) is 5.06. The summed E-state index contributed by atoms with van der Waals surface area (Å²) in [5.74, 6) is -0.788. The van der Waals surface area contributed by atoms with Crippen molar-refractivity contribution >= 4 is 43.4 Å². The zero-order chi connectivity index (χ0) is 9.78. The normalized spacial score (nSPS) is 11.3. The van der Waals surface area contributed by atoms with Gasteiger partial charge in [-0.1, -0.05) is 31.9 Å². The van der Waals surface area contributed by atoms with E-state index in [1.807, 2.05) is 0 Å². The molecule has 0 rings (SSSR count). The molecular weight excluding hydrogens is 292 g/mol. The highest BCUT2D eigenvalue weighted by molar-refractivity contribution is 9.09. The first kappa shape index (κ1) is 12.2. The summed E-state index contributed by atoms with van der Waals surface area (Å²) in [5.41, 5.74) is 9.24. The van der Waals surface area contributed by atoms with Gasteiger partial charge in [-0.05, 0) is 0 Å². The molecular formula is C6H10Br2N2O2. The van der Waals surface area contributed by atoms with Crippen LogP contribution >= 0.6 is 31.9 Å². The van der Waals surface area contributed by atoms with E-state index in [-0.39, 0.29) is 17.2 Å². The van der Waals surface area contributed by atoms with E-state index in [1.165, 1.54) is 0 Å². The molecule has 12 heavy (non-hydrogen) atoms. The number of rotatable bonds is 5. The summed E-state index contributed by atoms with van der Waals surface area (Å²) in [7, 11) is 0. The molecule has 0 radical (unpaired) electrons. The molecule has 0 heterocycles. The van der Waals surface area contributed by atoms with Crippen molar-refractivity contribution in [3.63, 3.8) is 0 Å². The standard InChI is InChI=1S/C6H10Br2N2O2/c7-1-4(11)6(10,3-9)5(12)2-8/h1-3,9-10H2. The monoisotopic (exact) mass is 300 g/mol. The zero-order valence-corrected chi connectivity index (χ0v) is 9.52. The fourth-order valence-corrected chi connectivity index (χ4v) is 1.62. The maximum absolute atomic E-state index is 11.2. The van der Waals surface area contributed by atoms with Crippen LogP contribution in [0.15, 0.2) is 0 Å². The Kier molecular flexibility index (Phi) is 5.15. The van der Waals surface area contributed by atoms with Gasteiger partial charge >= 0.3 is 0 Å². The van der Waals surface area contributed by atoms with Crippen molar-refractivity contribution in [2.24, 2.45) is 11.5 Å². The summed E-state index contributed by atoms with van der Waals surface area (Å²) in [6.07, 6.45) is 0. The molecule has 0 spiro atoms. The smallest absolute Gasteiger partial charge is 0.172 e. The molecule has 0 saturated heterocycles. The van der Waals surface area contributed by atoms with Crippen LogP contribution < -0.4 is 11.5 Å². The molecule has 0 aromatic rings. The number of nitrogens with two attached hydrogens (primary N) is 2. The molecule has 0 bridgehead atoms. The minimum absolute atomic E-state index is 0.0411. The van der Waals surface area contributed by atoms with Crippen LogP contribution in [-0.4, -0.2) is 34.3 Å². The molecule has 0 unspecified atom stereocenters. The van der Waals surface area contributed by atoms with Crippen molar-refractivity contribution in [1.29, 1.82) is 0 Å². The average Bonchev–Trinajstić information content (AvgIpc) is 2.13. The molecule has 6 heteroatoms. The largest absolute Gasteiger partial charge is 0.328 e. The third kappa shape index (κ3) is 2.35. The van der Waals surface area contributed by atoms with E-state index < -0.39 is 17.1 Å². The predicted octanol–water partition coefficient (Wildman–Crippen LogP) is -0.429. The quantitative estimate of drug-likeness (QED) is 0.533. The van der Waals surface area contributed by atoms with Gasteiger partial charge in [0.15, 0.2) is 11.6 Å². The topological polar surface area (TPSA) is 86.2 Å². The molecule has 0 aromatic carbocycles. The van der Waals surface area contributed by atoms with Crippen LogP contribution in [0.4, 0.5) is 0 Å². The van der Waals surface area contributed by atoms with Crippen molar-refractivity contribution in [2.45, 2.75) is 5.54 Å². The van der Waals surface area contributed by atoms with E-state index in [1.54, 1.807) is 0 Å². The third-order valence-corrected chi connectivity index (χ3v) is 2.58. The Morgan fingerprint density at radius 2 is 1.50 bits per heavy atom.